The Morgan fingerprint density at radius 2 is 1.74 bits per heavy atom. The Hall–Kier alpha value is -0.810. The minimum Gasteiger partial charge on any atom is -0.321 e. The second-order valence-corrected chi connectivity index (χ2v) is 5.64. The van der Waals surface area contributed by atoms with Crippen molar-refractivity contribution in [2.75, 3.05) is 5.32 Å². The van der Waals surface area contributed by atoms with Gasteiger partial charge in [-0.2, -0.15) is 0 Å². The molecular weight excluding hydrogens is 374 g/mol. The average Bonchev–Trinajstić information content (AvgIpc) is 2.32. The molecule has 7 heteroatoms. The minimum absolute atomic E-state index is 0.155. The van der Waals surface area contributed by atoms with E-state index >= 15 is 0 Å². The Kier molecular flexibility index (Phi) is 4.68. The summed E-state index contributed by atoms with van der Waals surface area (Å²) in [7, 11) is 0. The SMILES string of the molecule is O=C(Nc1cc(Cl)ccc1Br)c1cc(Cl)nc(Cl)c1. The molecule has 0 aliphatic rings. The van der Waals surface area contributed by atoms with Gasteiger partial charge in [0, 0.05) is 15.1 Å². The van der Waals surface area contributed by atoms with E-state index in [1.54, 1.807) is 18.2 Å². The van der Waals surface area contributed by atoms with Crippen LogP contribution >= 0.6 is 50.7 Å². The Bertz CT molecular complexity index is 629. The largest absolute Gasteiger partial charge is 0.321 e. The highest BCUT2D eigenvalue weighted by atomic mass is 79.9. The van der Waals surface area contributed by atoms with E-state index in [2.05, 4.69) is 26.2 Å². The summed E-state index contributed by atoms with van der Waals surface area (Å²) in [5.41, 5.74) is 0.874. The lowest BCUT2D eigenvalue weighted by atomic mass is 10.2. The number of rotatable bonds is 2. The average molecular weight is 380 g/mol. The number of halogens is 4. The van der Waals surface area contributed by atoms with Crippen LogP contribution in [0.2, 0.25) is 15.3 Å². The third-order valence-corrected chi connectivity index (χ3v) is 3.52. The number of aromatic nitrogens is 1. The van der Waals surface area contributed by atoms with E-state index in [1.807, 2.05) is 0 Å². The van der Waals surface area contributed by atoms with Gasteiger partial charge in [-0.15, -0.1) is 0 Å². The van der Waals surface area contributed by atoms with Gasteiger partial charge in [0.15, 0.2) is 0 Å². The van der Waals surface area contributed by atoms with E-state index in [4.69, 9.17) is 34.8 Å². The number of nitrogens with one attached hydrogen (secondary N) is 1. The zero-order chi connectivity index (χ0) is 14.0. The number of anilines is 1. The van der Waals surface area contributed by atoms with Gasteiger partial charge in [0.2, 0.25) is 0 Å². The van der Waals surface area contributed by atoms with E-state index in [0.29, 0.717) is 16.3 Å². The fraction of sp³-hybridized carbons (Fsp3) is 0. The van der Waals surface area contributed by atoms with Crippen molar-refractivity contribution < 1.29 is 4.79 Å². The van der Waals surface area contributed by atoms with Gasteiger partial charge < -0.3 is 5.32 Å². The van der Waals surface area contributed by atoms with Crippen molar-refractivity contribution in [2.45, 2.75) is 0 Å². The number of carbonyl (C=O) groups excluding carboxylic acids is 1. The van der Waals surface area contributed by atoms with Crippen LogP contribution < -0.4 is 5.32 Å². The Morgan fingerprint density at radius 3 is 2.37 bits per heavy atom. The van der Waals surface area contributed by atoms with Crippen LogP contribution in [0.25, 0.3) is 0 Å². The molecule has 1 N–H and O–H groups in total. The molecule has 98 valence electrons. The summed E-state index contributed by atoms with van der Waals surface area (Å²) in [5.74, 6) is -0.353. The van der Waals surface area contributed by atoms with Crippen molar-refractivity contribution in [3.63, 3.8) is 0 Å². The van der Waals surface area contributed by atoms with Crippen molar-refractivity contribution in [3.05, 3.63) is 55.7 Å². The highest BCUT2D eigenvalue weighted by Gasteiger charge is 2.11. The summed E-state index contributed by atoms with van der Waals surface area (Å²) in [6.45, 7) is 0. The van der Waals surface area contributed by atoms with Crippen molar-refractivity contribution in [2.24, 2.45) is 0 Å². The highest BCUT2D eigenvalue weighted by Crippen LogP contribution is 2.26. The van der Waals surface area contributed by atoms with E-state index in [-0.39, 0.29) is 16.2 Å². The maximum atomic E-state index is 12.1. The Labute approximate surface area is 133 Å². The lowest BCUT2D eigenvalue weighted by Crippen LogP contribution is -2.12. The molecule has 1 amide bonds. The first kappa shape index (κ1) is 14.6. The first-order chi connectivity index (χ1) is 8.95. The van der Waals surface area contributed by atoms with Crippen molar-refractivity contribution in [1.29, 1.82) is 0 Å². The normalized spacial score (nSPS) is 10.3. The first-order valence-corrected chi connectivity index (χ1v) is 6.98. The monoisotopic (exact) mass is 378 g/mol. The molecule has 0 bridgehead atoms. The maximum absolute atomic E-state index is 12.1. The van der Waals surface area contributed by atoms with Crippen LogP contribution in [-0.4, -0.2) is 10.9 Å². The summed E-state index contributed by atoms with van der Waals surface area (Å²) < 4.78 is 0.719. The standard InChI is InChI=1S/C12H6BrCl3N2O/c13-8-2-1-7(14)5-9(8)17-12(19)6-3-10(15)18-11(16)4-6/h1-5H,(H,17,19). The third kappa shape index (κ3) is 3.83. The van der Waals surface area contributed by atoms with Gasteiger partial charge in [-0.25, -0.2) is 4.98 Å². The number of hydrogen-bond donors (Lipinski definition) is 1. The molecular formula is C12H6BrCl3N2O. The van der Waals surface area contributed by atoms with Gasteiger partial charge in [-0.05, 0) is 46.3 Å². The van der Waals surface area contributed by atoms with Crippen LogP contribution in [0.15, 0.2) is 34.8 Å². The molecule has 2 aromatic rings. The summed E-state index contributed by atoms with van der Waals surface area (Å²) in [4.78, 5) is 15.8. The van der Waals surface area contributed by atoms with Crippen LogP contribution in [0.3, 0.4) is 0 Å². The van der Waals surface area contributed by atoms with Crippen LogP contribution in [0.5, 0.6) is 0 Å². The molecule has 1 heterocycles. The summed E-state index contributed by atoms with van der Waals surface area (Å²) in [6, 6.07) is 7.95. The number of nitrogens with zero attached hydrogens (tertiary/aromatic N) is 1. The molecule has 0 unspecified atom stereocenters. The second kappa shape index (κ2) is 6.09. The highest BCUT2D eigenvalue weighted by molar-refractivity contribution is 9.10. The van der Waals surface area contributed by atoms with E-state index in [1.165, 1.54) is 12.1 Å². The molecule has 1 aromatic carbocycles. The third-order valence-electron chi connectivity index (χ3n) is 2.20. The van der Waals surface area contributed by atoms with Crippen molar-refractivity contribution in [1.82, 2.24) is 4.98 Å². The Balaban J connectivity index is 2.28. The smallest absolute Gasteiger partial charge is 0.255 e. The van der Waals surface area contributed by atoms with E-state index in [0.717, 1.165) is 4.47 Å². The van der Waals surface area contributed by atoms with E-state index in [9.17, 15) is 4.79 Å². The predicted octanol–water partition coefficient (Wildman–Crippen LogP) is 5.06. The molecule has 0 saturated carbocycles. The summed E-state index contributed by atoms with van der Waals surface area (Å²) >= 11 is 20.7. The molecule has 1 aromatic heterocycles. The maximum Gasteiger partial charge on any atom is 0.255 e. The van der Waals surface area contributed by atoms with Gasteiger partial charge in [-0.1, -0.05) is 34.8 Å². The zero-order valence-electron chi connectivity index (χ0n) is 9.25. The number of amides is 1. The van der Waals surface area contributed by atoms with Gasteiger partial charge in [0.05, 0.1) is 5.69 Å². The molecule has 19 heavy (non-hydrogen) atoms. The fourth-order valence-corrected chi connectivity index (χ4v) is 2.36. The quantitative estimate of drug-likeness (QED) is 0.740. The van der Waals surface area contributed by atoms with Gasteiger partial charge in [0.1, 0.15) is 10.3 Å². The first-order valence-electron chi connectivity index (χ1n) is 5.05. The molecule has 0 aliphatic carbocycles. The van der Waals surface area contributed by atoms with Crippen molar-refractivity contribution in [3.8, 4) is 0 Å². The molecule has 3 nitrogen and oxygen atoms in total. The summed E-state index contributed by atoms with van der Waals surface area (Å²) in [5, 5.41) is 3.54. The van der Waals surface area contributed by atoms with Gasteiger partial charge >= 0.3 is 0 Å². The topological polar surface area (TPSA) is 42.0 Å². The number of pyridine rings is 1. The lowest BCUT2D eigenvalue weighted by molar-refractivity contribution is 0.102. The molecule has 0 aliphatic heterocycles. The summed E-state index contributed by atoms with van der Waals surface area (Å²) in [6.07, 6.45) is 0. The van der Waals surface area contributed by atoms with Gasteiger partial charge in [0.25, 0.3) is 5.91 Å². The number of carbonyl (C=O) groups is 1. The van der Waals surface area contributed by atoms with Gasteiger partial charge in [-0.3, -0.25) is 4.79 Å². The van der Waals surface area contributed by atoms with Crippen LogP contribution in [0.4, 0.5) is 5.69 Å². The number of benzene rings is 1. The van der Waals surface area contributed by atoms with Crippen LogP contribution in [-0.2, 0) is 0 Å². The van der Waals surface area contributed by atoms with Crippen LogP contribution in [0.1, 0.15) is 10.4 Å². The van der Waals surface area contributed by atoms with E-state index < -0.39 is 0 Å². The molecule has 0 spiro atoms. The van der Waals surface area contributed by atoms with Crippen LogP contribution in [0, 0.1) is 0 Å². The molecule has 0 fully saturated rings. The minimum atomic E-state index is -0.353. The number of hydrogen-bond acceptors (Lipinski definition) is 2. The zero-order valence-corrected chi connectivity index (χ0v) is 13.1. The molecule has 0 radical (unpaired) electrons. The second-order valence-electron chi connectivity index (χ2n) is 3.58. The fourth-order valence-electron chi connectivity index (χ4n) is 1.38. The molecule has 0 saturated heterocycles. The predicted molar refractivity (Wildman–Crippen MR) is 81.4 cm³/mol. The molecule has 2 rings (SSSR count). The van der Waals surface area contributed by atoms with Crippen molar-refractivity contribution >= 4 is 62.3 Å². The Morgan fingerprint density at radius 1 is 1.11 bits per heavy atom. The lowest BCUT2D eigenvalue weighted by Gasteiger charge is -2.08. The molecule has 0 atom stereocenters.